The van der Waals surface area contributed by atoms with Crippen LogP contribution in [0.4, 0.5) is 4.39 Å². The molecule has 0 atom stereocenters. The average molecular weight is 235 g/mol. The van der Waals surface area contributed by atoms with Gasteiger partial charge >= 0.3 is 0 Å². The Balaban J connectivity index is 2.01. The molecule has 17 heavy (non-hydrogen) atoms. The molecule has 0 aliphatic heterocycles. The molecule has 0 aliphatic rings. The normalized spacial score (nSPS) is 10.4. The summed E-state index contributed by atoms with van der Waals surface area (Å²) in [5.74, 6) is -0.0970. The van der Waals surface area contributed by atoms with E-state index in [1.807, 2.05) is 18.2 Å². The first-order valence-electron chi connectivity index (χ1n) is 6.39. The minimum absolute atomic E-state index is 0.0970. The molecule has 0 radical (unpaired) electrons. The Kier molecular flexibility index (Phi) is 7.32. The van der Waals surface area contributed by atoms with Gasteiger partial charge in [0.15, 0.2) is 0 Å². The summed E-state index contributed by atoms with van der Waals surface area (Å²) in [5, 5.41) is 3.35. The molecule has 1 N–H and O–H groups in total. The summed E-state index contributed by atoms with van der Waals surface area (Å²) >= 11 is 0. The third-order valence-electron chi connectivity index (χ3n) is 2.79. The van der Waals surface area contributed by atoms with Gasteiger partial charge in [0, 0.05) is 0 Å². The number of unbranched alkanes of at least 4 members (excludes halogenated alkanes) is 3. The lowest BCUT2D eigenvalue weighted by Gasteiger charge is -2.05. The number of rotatable bonds is 9. The molecule has 0 heterocycles. The first-order chi connectivity index (χ1) is 8.34. The lowest BCUT2D eigenvalue weighted by Crippen LogP contribution is -2.18. The van der Waals surface area contributed by atoms with E-state index >= 15 is 0 Å². The second-order valence-electron chi connectivity index (χ2n) is 4.23. The van der Waals surface area contributed by atoms with Gasteiger partial charge in [-0.3, -0.25) is 0 Å². The molecule has 0 spiro atoms. The fourth-order valence-electron chi connectivity index (χ4n) is 1.76. The standard InChI is InChI=1S/C15H22FN/c1-2-3-4-5-8-12-17-13-11-14-9-6-7-10-15(14)16/h2,6-7,9-10,17H,1,3-5,8,11-13H2. The molecule has 0 amide bonds. The van der Waals surface area contributed by atoms with E-state index in [1.54, 1.807) is 6.07 Å². The zero-order chi connectivity index (χ0) is 12.3. The Hall–Kier alpha value is -1.15. The van der Waals surface area contributed by atoms with Crippen LogP contribution in [-0.2, 0) is 6.42 Å². The molecular formula is C15H22FN. The average Bonchev–Trinajstić information content (AvgIpc) is 2.35. The second kappa shape index (κ2) is 8.94. The second-order valence-corrected chi connectivity index (χ2v) is 4.23. The maximum atomic E-state index is 13.3. The highest BCUT2D eigenvalue weighted by molar-refractivity contribution is 5.17. The van der Waals surface area contributed by atoms with Gasteiger partial charge in [0.25, 0.3) is 0 Å². The number of nitrogens with one attached hydrogen (secondary N) is 1. The van der Waals surface area contributed by atoms with Crippen molar-refractivity contribution in [3.05, 3.63) is 48.3 Å². The summed E-state index contributed by atoms with van der Waals surface area (Å²) in [6, 6.07) is 6.98. The monoisotopic (exact) mass is 235 g/mol. The molecule has 1 aromatic carbocycles. The third kappa shape index (κ3) is 6.22. The van der Waals surface area contributed by atoms with Crippen molar-refractivity contribution in [2.45, 2.75) is 32.1 Å². The molecule has 0 fully saturated rings. The molecule has 2 heteroatoms. The number of allylic oxidation sites excluding steroid dienone is 1. The Morgan fingerprint density at radius 1 is 1.12 bits per heavy atom. The van der Waals surface area contributed by atoms with Crippen molar-refractivity contribution in [3.63, 3.8) is 0 Å². The summed E-state index contributed by atoms with van der Waals surface area (Å²) in [6.45, 7) is 5.57. The largest absolute Gasteiger partial charge is 0.316 e. The Morgan fingerprint density at radius 2 is 1.94 bits per heavy atom. The summed E-state index contributed by atoms with van der Waals surface area (Å²) in [4.78, 5) is 0. The first-order valence-corrected chi connectivity index (χ1v) is 6.39. The quantitative estimate of drug-likeness (QED) is 0.508. The van der Waals surface area contributed by atoms with Crippen molar-refractivity contribution >= 4 is 0 Å². The van der Waals surface area contributed by atoms with Crippen molar-refractivity contribution in [2.24, 2.45) is 0 Å². The summed E-state index contributed by atoms with van der Waals surface area (Å²) < 4.78 is 13.3. The maximum absolute atomic E-state index is 13.3. The van der Waals surface area contributed by atoms with Gasteiger partial charge in [-0.05, 0) is 50.4 Å². The van der Waals surface area contributed by atoms with Crippen LogP contribution in [0, 0.1) is 5.82 Å². The molecule has 94 valence electrons. The van der Waals surface area contributed by atoms with Gasteiger partial charge in [0.2, 0.25) is 0 Å². The lowest BCUT2D eigenvalue weighted by molar-refractivity contribution is 0.582. The maximum Gasteiger partial charge on any atom is 0.126 e. The van der Waals surface area contributed by atoms with Gasteiger partial charge in [0.1, 0.15) is 5.82 Å². The zero-order valence-corrected chi connectivity index (χ0v) is 10.4. The summed E-state index contributed by atoms with van der Waals surface area (Å²) in [7, 11) is 0. The van der Waals surface area contributed by atoms with Crippen LogP contribution < -0.4 is 5.32 Å². The highest BCUT2D eigenvalue weighted by Crippen LogP contribution is 2.06. The van der Waals surface area contributed by atoms with Crippen LogP contribution in [0.2, 0.25) is 0 Å². The van der Waals surface area contributed by atoms with Crippen LogP contribution in [0.25, 0.3) is 0 Å². The predicted molar refractivity (Wildman–Crippen MR) is 71.6 cm³/mol. The molecule has 0 bridgehead atoms. The molecular weight excluding hydrogens is 213 g/mol. The van der Waals surface area contributed by atoms with Crippen LogP contribution in [0.3, 0.4) is 0 Å². The van der Waals surface area contributed by atoms with E-state index in [0.717, 1.165) is 31.5 Å². The number of hydrogen-bond donors (Lipinski definition) is 1. The van der Waals surface area contributed by atoms with Crippen LogP contribution in [-0.4, -0.2) is 13.1 Å². The fraction of sp³-hybridized carbons (Fsp3) is 0.467. The topological polar surface area (TPSA) is 12.0 Å². The number of benzene rings is 1. The Labute approximate surface area is 104 Å². The zero-order valence-electron chi connectivity index (χ0n) is 10.4. The molecule has 0 unspecified atom stereocenters. The van der Waals surface area contributed by atoms with E-state index < -0.39 is 0 Å². The van der Waals surface area contributed by atoms with Crippen molar-refractivity contribution in [3.8, 4) is 0 Å². The van der Waals surface area contributed by atoms with Gasteiger partial charge in [-0.2, -0.15) is 0 Å². The summed E-state index contributed by atoms with van der Waals surface area (Å²) in [6.07, 6.45) is 7.47. The Bertz CT molecular complexity index is 322. The van der Waals surface area contributed by atoms with Crippen LogP contribution >= 0.6 is 0 Å². The molecule has 1 nitrogen and oxygen atoms in total. The highest BCUT2D eigenvalue weighted by Gasteiger charge is 1.99. The van der Waals surface area contributed by atoms with Crippen molar-refractivity contribution in [2.75, 3.05) is 13.1 Å². The molecule has 0 aromatic heterocycles. The van der Waals surface area contributed by atoms with Gasteiger partial charge in [0.05, 0.1) is 0 Å². The van der Waals surface area contributed by atoms with Crippen molar-refractivity contribution < 1.29 is 4.39 Å². The number of hydrogen-bond acceptors (Lipinski definition) is 1. The highest BCUT2D eigenvalue weighted by atomic mass is 19.1. The summed E-state index contributed by atoms with van der Waals surface area (Å²) in [5.41, 5.74) is 0.798. The molecule has 0 saturated heterocycles. The van der Waals surface area contributed by atoms with E-state index in [-0.39, 0.29) is 5.82 Å². The van der Waals surface area contributed by atoms with Crippen molar-refractivity contribution in [1.29, 1.82) is 0 Å². The SMILES string of the molecule is C=CCCCCCNCCc1ccccc1F. The smallest absolute Gasteiger partial charge is 0.126 e. The van der Waals surface area contributed by atoms with Gasteiger partial charge in [-0.15, -0.1) is 6.58 Å². The number of halogens is 1. The molecule has 0 aliphatic carbocycles. The fourth-order valence-corrected chi connectivity index (χ4v) is 1.76. The minimum Gasteiger partial charge on any atom is -0.316 e. The molecule has 1 aromatic rings. The van der Waals surface area contributed by atoms with E-state index in [9.17, 15) is 4.39 Å². The predicted octanol–water partition coefficient (Wildman–Crippen LogP) is 3.70. The van der Waals surface area contributed by atoms with Crippen LogP contribution in [0.1, 0.15) is 31.2 Å². The Morgan fingerprint density at radius 3 is 2.71 bits per heavy atom. The third-order valence-corrected chi connectivity index (χ3v) is 2.79. The lowest BCUT2D eigenvalue weighted by atomic mass is 10.1. The first kappa shape index (κ1) is 13.9. The van der Waals surface area contributed by atoms with Gasteiger partial charge in [-0.1, -0.05) is 30.7 Å². The van der Waals surface area contributed by atoms with Gasteiger partial charge in [-0.25, -0.2) is 4.39 Å². The van der Waals surface area contributed by atoms with Crippen LogP contribution in [0.15, 0.2) is 36.9 Å². The van der Waals surface area contributed by atoms with E-state index in [0.29, 0.717) is 0 Å². The van der Waals surface area contributed by atoms with E-state index in [1.165, 1.54) is 25.3 Å². The minimum atomic E-state index is -0.0970. The van der Waals surface area contributed by atoms with Gasteiger partial charge < -0.3 is 5.32 Å². The van der Waals surface area contributed by atoms with E-state index in [2.05, 4.69) is 11.9 Å². The molecule has 0 saturated carbocycles. The van der Waals surface area contributed by atoms with Crippen molar-refractivity contribution in [1.82, 2.24) is 5.32 Å². The molecule has 1 rings (SSSR count). The van der Waals surface area contributed by atoms with E-state index in [4.69, 9.17) is 0 Å². The van der Waals surface area contributed by atoms with Crippen LogP contribution in [0.5, 0.6) is 0 Å².